The lowest BCUT2D eigenvalue weighted by atomic mass is 10.1. The Bertz CT molecular complexity index is 559. The van der Waals surface area contributed by atoms with E-state index in [1.165, 1.54) is 5.56 Å². The van der Waals surface area contributed by atoms with E-state index in [9.17, 15) is 5.11 Å². The molecule has 2 rings (SSSR count). The minimum atomic E-state index is -0.538. The Kier molecular flexibility index (Phi) is 8.83. The molecule has 1 saturated heterocycles. The lowest BCUT2D eigenvalue weighted by Crippen LogP contribution is -2.37. The number of benzene rings is 1. The van der Waals surface area contributed by atoms with E-state index in [2.05, 4.69) is 29.7 Å². The highest BCUT2D eigenvalue weighted by molar-refractivity contribution is 5.43. The van der Waals surface area contributed by atoms with Crippen LogP contribution in [0.4, 0.5) is 0 Å². The third-order valence-corrected chi connectivity index (χ3v) is 5.31. The van der Waals surface area contributed by atoms with Crippen molar-refractivity contribution in [1.29, 1.82) is 0 Å². The average molecular weight is 381 g/mol. The fourth-order valence-corrected chi connectivity index (χ4v) is 3.27. The molecule has 1 aromatic rings. The number of likely N-dealkylation sites (N-methyl/N-ethyl adjacent to an activating group) is 1. The second-order valence-corrected chi connectivity index (χ2v) is 7.69. The lowest BCUT2D eigenvalue weighted by Gasteiger charge is -2.31. The number of rotatable bonds is 10. The van der Waals surface area contributed by atoms with Gasteiger partial charge in [-0.2, -0.15) is 0 Å². The molecule has 0 aliphatic carbocycles. The van der Waals surface area contributed by atoms with Crippen molar-refractivity contribution >= 4 is 0 Å². The number of methoxy groups -OCH3 is 2. The Morgan fingerprint density at radius 2 is 1.89 bits per heavy atom. The van der Waals surface area contributed by atoms with Crippen molar-refractivity contribution in [2.75, 3.05) is 47.5 Å². The molecule has 6 heteroatoms. The normalized spacial score (nSPS) is 17.5. The molecule has 0 aromatic heterocycles. The first kappa shape index (κ1) is 22.0. The first-order valence-corrected chi connectivity index (χ1v) is 9.86. The number of piperidine rings is 1. The lowest BCUT2D eigenvalue weighted by molar-refractivity contribution is 0.0388. The molecular formula is C21H36N2O4. The Hall–Kier alpha value is -1.34. The minimum absolute atomic E-state index is 0.247. The quantitative estimate of drug-likeness (QED) is 0.673. The van der Waals surface area contributed by atoms with Gasteiger partial charge in [0.15, 0.2) is 11.5 Å². The molecule has 1 atom stereocenters. The molecule has 0 saturated carbocycles. The first-order valence-electron chi connectivity index (χ1n) is 9.86. The van der Waals surface area contributed by atoms with Gasteiger partial charge in [0.05, 0.1) is 13.2 Å². The van der Waals surface area contributed by atoms with Gasteiger partial charge in [-0.3, -0.25) is 4.90 Å². The maximum atomic E-state index is 10.2. The van der Waals surface area contributed by atoms with Crippen molar-refractivity contribution in [3.8, 4) is 11.5 Å². The van der Waals surface area contributed by atoms with Gasteiger partial charge in [-0.15, -0.1) is 0 Å². The molecule has 0 bridgehead atoms. The van der Waals surface area contributed by atoms with E-state index in [0.29, 0.717) is 30.2 Å². The Labute approximate surface area is 164 Å². The minimum Gasteiger partial charge on any atom is -0.493 e. The summed E-state index contributed by atoms with van der Waals surface area (Å²) in [4.78, 5) is 4.54. The van der Waals surface area contributed by atoms with Crippen LogP contribution in [0.15, 0.2) is 18.2 Å². The van der Waals surface area contributed by atoms with E-state index in [0.717, 1.165) is 32.5 Å². The SMILES string of the molecule is COc1cc(CN2CCC(OC)CC2)ccc1OC[C@H](O)CN(C)C(C)C. The summed E-state index contributed by atoms with van der Waals surface area (Å²) in [5, 5.41) is 10.2. The van der Waals surface area contributed by atoms with Crippen LogP contribution in [-0.2, 0) is 11.3 Å². The standard InChI is InChI=1S/C21H36N2O4/c1-16(2)22(3)14-18(24)15-27-20-7-6-17(12-21(20)26-5)13-23-10-8-19(25-4)9-11-23/h6-7,12,16,18-19,24H,8-11,13-15H2,1-5H3/t18-/m1/s1. The van der Waals surface area contributed by atoms with Gasteiger partial charge in [-0.25, -0.2) is 0 Å². The van der Waals surface area contributed by atoms with E-state index in [1.807, 2.05) is 19.2 Å². The molecule has 6 nitrogen and oxygen atoms in total. The zero-order valence-electron chi connectivity index (χ0n) is 17.5. The van der Waals surface area contributed by atoms with E-state index in [-0.39, 0.29) is 6.61 Å². The van der Waals surface area contributed by atoms with Crippen molar-refractivity contribution < 1.29 is 19.3 Å². The van der Waals surface area contributed by atoms with E-state index >= 15 is 0 Å². The van der Waals surface area contributed by atoms with Crippen molar-refractivity contribution in [2.24, 2.45) is 0 Å². The van der Waals surface area contributed by atoms with Crippen LogP contribution in [0, 0.1) is 0 Å². The molecule has 1 heterocycles. The largest absolute Gasteiger partial charge is 0.493 e. The predicted octanol–water partition coefficient (Wildman–Crippen LogP) is 2.39. The number of likely N-dealkylation sites (tertiary alicyclic amines) is 1. The summed E-state index contributed by atoms with van der Waals surface area (Å²) in [7, 11) is 5.44. The maximum absolute atomic E-state index is 10.2. The molecule has 27 heavy (non-hydrogen) atoms. The van der Waals surface area contributed by atoms with E-state index in [1.54, 1.807) is 14.2 Å². The van der Waals surface area contributed by atoms with Gasteiger partial charge in [0, 0.05) is 39.3 Å². The smallest absolute Gasteiger partial charge is 0.161 e. The summed E-state index contributed by atoms with van der Waals surface area (Å²) in [6.07, 6.45) is 2.02. The Balaban J connectivity index is 1.88. The molecule has 1 aliphatic rings. The third kappa shape index (κ3) is 6.96. The van der Waals surface area contributed by atoms with Crippen LogP contribution in [0.3, 0.4) is 0 Å². The number of nitrogens with zero attached hydrogens (tertiary/aromatic N) is 2. The summed E-state index contributed by atoms with van der Waals surface area (Å²) < 4.78 is 16.8. The molecule has 0 radical (unpaired) electrons. The van der Waals surface area contributed by atoms with Gasteiger partial charge in [0.1, 0.15) is 12.7 Å². The zero-order chi connectivity index (χ0) is 19.8. The van der Waals surface area contributed by atoms with Gasteiger partial charge in [-0.05, 0) is 51.4 Å². The van der Waals surface area contributed by atoms with E-state index < -0.39 is 6.10 Å². The van der Waals surface area contributed by atoms with Crippen molar-refractivity contribution in [3.63, 3.8) is 0 Å². The highest BCUT2D eigenvalue weighted by Crippen LogP contribution is 2.29. The van der Waals surface area contributed by atoms with Crippen LogP contribution in [-0.4, -0.2) is 80.7 Å². The highest BCUT2D eigenvalue weighted by Gasteiger charge is 2.19. The first-order chi connectivity index (χ1) is 12.9. The van der Waals surface area contributed by atoms with E-state index in [4.69, 9.17) is 14.2 Å². The predicted molar refractivity (Wildman–Crippen MR) is 108 cm³/mol. The topological polar surface area (TPSA) is 54.4 Å². The average Bonchev–Trinajstić information content (AvgIpc) is 2.67. The van der Waals surface area contributed by atoms with Crippen LogP contribution >= 0.6 is 0 Å². The second kappa shape index (κ2) is 10.9. The van der Waals surface area contributed by atoms with Crippen molar-refractivity contribution in [3.05, 3.63) is 23.8 Å². The summed E-state index contributed by atoms with van der Waals surface area (Å²) in [6, 6.07) is 6.44. The van der Waals surface area contributed by atoms with Gasteiger partial charge in [-0.1, -0.05) is 6.07 Å². The molecule has 0 spiro atoms. The van der Waals surface area contributed by atoms with Crippen molar-refractivity contribution in [1.82, 2.24) is 9.80 Å². The molecule has 1 aromatic carbocycles. The molecule has 0 amide bonds. The molecule has 1 aliphatic heterocycles. The zero-order valence-corrected chi connectivity index (χ0v) is 17.5. The fraction of sp³-hybridized carbons (Fsp3) is 0.714. The third-order valence-electron chi connectivity index (χ3n) is 5.31. The van der Waals surface area contributed by atoms with Gasteiger partial charge < -0.3 is 24.2 Å². The molecular weight excluding hydrogens is 344 g/mol. The van der Waals surface area contributed by atoms with Crippen LogP contribution in [0.5, 0.6) is 11.5 Å². The molecule has 154 valence electrons. The van der Waals surface area contributed by atoms with Crippen LogP contribution in [0.1, 0.15) is 32.3 Å². The van der Waals surface area contributed by atoms with Crippen LogP contribution in [0.2, 0.25) is 0 Å². The summed E-state index contributed by atoms with van der Waals surface area (Å²) in [5.74, 6) is 1.38. The number of ether oxygens (including phenoxy) is 3. The van der Waals surface area contributed by atoms with Crippen molar-refractivity contribution in [2.45, 2.75) is 51.5 Å². The van der Waals surface area contributed by atoms with Gasteiger partial charge >= 0.3 is 0 Å². The fourth-order valence-electron chi connectivity index (χ4n) is 3.27. The number of hydrogen-bond acceptors (Lipinski definition) is 6. The summed E-state index contributed by atoms with van der Waals surface area (Å²) >= 11 is 0. The Morgan fingerprint density at radius 1 is 1.19 bits per heavy atom. The van der Waals surface area contributed by atoms with Gasteiger partial charge in [0.2, 0.25) is 0 Å². The van der Waals surface area contributed by atoms with Crippen LogP contribution in [0.25, 0.3) is 0 Å². The monoisotopic (exact) mass is 380 g/mol. The Morgan fingerprint density at radius 3 is 2.48 bits per heavy atom. The number of hydrogen-bond donors (Lipinski definition) is 1. The highest BCUT2D eigenvalue weighted by atomic mass is 16.5. The number of aliphatic hydroxyl groups excluding tert-OH is 1. The molecule has 1 N–H and O–H groups in total. The summed E-state index contributed by atoms with van der Waals surface area (Å²) in [6.45, 7) is 8.03. The van der Waals surface area contributed by atoms with Gasteiger partial charge in [0.25, 0.3) is 0 Å². The maximum Gasteiger partial charge on any atom is 0.161 e. The molecule has 1 fully saturated rings. The molecule has 0 unspecified atom stereocenters. The van der Waals surface area contributed by atoms with Crippen LogP contribution < -0.4 is 9.47 Å². The number of aliphatic hydroxyl groups is 1. The second-order valence-electron chi connectivity index (χ2n) is 7.69. The summed E-state index contributed by atoms with van der Waals surface area (Å²) in [5.41, 5.74) is 1.20.